The second-order valence-corrected chi connectivity index (χ2v) is 6.02. The van der Waals surface area contributed by atoms with Crippen molar-refractivity contribution < 1.29 is 0 Å². The summed E-state index contributed by atoms with van der Waals surface area (Å²) in [6.07, 6.45) is 0. The lowest BCUT2D eigenvalue weighted by atomic mass is 9.82. The molecular weight excluding hydrogens is 299 g/mol. The normalized spacial score (nSPS) is 14.0. The summed E-state index contributed by atoms with van der Waals surface area (Å²) in [5, 5.41) is 0. The van der Waals surface area contributed by atoms with Gasteiger partial charge in [-0.05, 0) is 46.1 Å². The van der Waals surface area contributed by atoms with Crippen LogP contribution >= 0.6 is 22.6 Å². The van der Waals surface area contributed by atoms with Crippen molar-refractivity contribution in [2.75, 3.05) is 0 Å². The molecule has 1 atom stereocenters. The van der Waals surface area contributed by atoms with Crippen molar-refractivity contribution in [1.82, 2.24) is 5.43 Å². The SMILES string of the molecule is Cc1cccc(C(NN)C(C)(C)C)c1I. The van der Waals surface area contributed by atoms with Gasteiger partial charge in [0.15, 0.2) is 0 Å². The topological polar surface area (TPSA) is 38.0 Å². The highest BCUT2D eigenvalue weighted by atomic mass is 127. The first kappa shape index (κ1) is 12.9. The van der Waals surface area contributed by atoms with Gasteiger partial charge in [0.25, 0.3) is 0 Å². The van der Waals surface area contributed by atoms with Gasteiger partial charge < -0.3 is 0 Å². The lowest BCUT2D eigenvalue weighted by molar-refractivity contribution is 0.274. The van der Waals surface area contributed by atoms with Crippen LogP contribution in [0.25, 0.3) is 0 Å². The fourth-order valence-electron chi connectivity index (χ4n) is 1.70. The fourth-order valence-corrected chi connectivity index (χ4v) is 2.37. The molecule has 1 aromatic carbocycles. The molecule has 0 fully saturated rings. The third kappa shape index (κ3) is 2.92. The van der Waals surface area contributed by atoms with Crippen molar-refractivity contribution in [3.05, 3.63) is 32.9 Å². The van der Waals surface area contributed by atoms with E-state index in [-0.39, 0.29) is 11.5 Å². The van der Waals surface area contributed by atoms with E-state index in [2.05, 4.69) is 73.9 Å². The molecule has 0 bridgehead atoms. The zero-order valence-electron chi connectivity index (χ0n) is 9.76. The van der Waals surface area contributed by atoms with E-state index in [4.69, 9.17) is 5.84 Å². The molecule has 3 N–H and O–H groups in total. The van der Waals surface area contributed by atoms with Gasteiger partial charge in [0, 0.05) is 3.57 Å². The van der Waals surface area contributed by atoms with E-state index >= 15 is 0 Å². The number of rotatable bonds is 2. The Hall–Kier alpha value is -0.130. The van der Waals surface area contributed by atoms with Gasteiger partial charge in [-0.25, -0.2) is 0 Å². The molecule has 2 nitrogen and oxygen atoms in total. The van der Waals surface area contributed by atoms with Gasteiger partial charge in [0.2, 0.25) is 0 Å². The fraction of sp³-hybridized carbons (Fsp3) is 0.500. The first-order chi connectivity index (χ1) is 6.88. The third-order valence-corrected chi connectivity index (χ3v) is 4.04. The Labute approximate surface area is 106 Å². The molecule has 0 aromatic heterocycles. The third-order valence-electron chi connectivity index (χ3n) is 2.57. The number of nitrogens with one attached hydrogen (secondary N) is 1. The maximum absolute atomic E-state index is 5.66. The van der Waals surface area contributed by atoms with Crippen LogP contribution in [-0.2, 0) is 0 Å². The van der Waals surface area contributed by atoms with Crippen LogP contribution in [0.5, 0.6) is 0 Å². The van der Waals surface area contributed by atoms with E-state index < -0.39 is 0 Å². The van der Waals surface area contributed by atoms with Gasteiger partial charge in [0.1, 0.15) is 0 Å². The Bertz CT molecular complexity index is 342. The van der Waals surface area contributed by atoms with Gasteiger partial charge in [0.05, 0.1) is 6.04 Å². The lowest BCUT2D eigenvalue weighted by Gasteiger charge is -2.31. The second-order valence-electron chi connectivity index (χ2n) is 4.94. The van der Waals surface area contributed by atoms with E-state index in [0.717, 1.165) is 0 Å². The van der Waals surface area contributed by atoms with Crippen LogP contribution in [-0.4, -0.2) is 0 Å². The Kier molecular flexibility index (Phi) is 4.14. The van der Waals surface area contributed by atoms with Crippen molar-refractivity contribution in [3.8, 4) is 0 Å². The zero-order chi connectivity index (χ0) is 11.6. The van der Waals surface area contributed by atoms with Crippen molar-refractivity contribution in [2.45, 2.75) is 33.7 Å². The van der Waals surface area contributed by atoms with Crippen molar-refractivity contribution >= 4 is 22.6 Å². The van der Waals surface area contributed by atoms with E-state index in [1.807, 2.05) is 0 Å². The number of hydrogen-bond donors (Lipinski definition) is 2. The predicted octanol–water partition coefficient (Wildman–Crippen LogP) is 3.15. The summed E-state index contributed by atoms with van der Waals surface area (Å²) in [6, 6.07) is 6.54. The molecule has 0 aliphatic heterocycles. The first-order valence-corrected chi connectivity index (χ1v) is 6.17. The van der Waals surface area contributed by atoms with Crippen molar-refractivity contribution in [3.63, 3.8) is 0 Å². The highest BCUT2D eigenvalue weighted by molar-refractivity contribution is 14.1. The van der Waals surface area contributed by atoms with E-state index in [9.17, 15) is 0 Å². The molecular formula is C12H19IN2. The first-order valence-electron chi connectivity index (χ1n) is 5.09. The summed E-state index contributed by atoms with van der Waals surface area (Å²) in [5.74, 6) is 5.66. The van der Waals surface area contributed by atoms with Crippen LogP contribution in [0.1, 0.15) is 37.9 Å². The standard InChI is InChI=1S/C12H19IN2/c1-8-6-5-7-9(10(8)13)11(15-14)12(2,3)4/h5-7,11,15H,14H2,1-4H3. The number of nitrogens with two attached hydrogens (primary N) is 1. The van der Waals surface area contributed by atoms with E-state index in [0.29, 0.717) is 0 Å². The van der Waals surface area contributed by atoms with Gasteiger partial charge in [-0.1, -0.05) is 39.0 Å². The molecule has 0 aliphatic carbocycles. The molecule has 1 aromatic rings. The Morgan fingerprint density at radius 3 is 2.40 bits per heavy atom. The lowest BCUT2D eigenvalue weighted by Crippen LogP contribution is -2.37. The quantitative estimate of drug-likeness (QED) is 0.499. The van der Waals surface area contributed by atoms with Crippen LogP contribution in [0.4, 0.5) is 0 Å². The molecule has 1 unspecified atom stereocenters. The van der Waals surface area contributed by atoms with Crippen molar-refractivity contribution in [2.24, 2.45) is 11.3 Å². The van der Waals surface area contributed by atoms with Gasteiger partial charge >= 0.3 is 0 Å². The summed E-state index contributed by atoms with van der Waals surface area (Å²) in [7, 11) is 0. The van der Waals surface area contributed by atoms with Crippen LogP contribution < -0.4 is 11.3 Å². The van der Waals surface area contributed by atoms with E-state index in [1.54, 1.807) is 0 Å². The largest absolute Gasteiger partial charge is 0.271 e. The van der Waals surface area contributed by atoms with Crippen LogP contribution in [0.2, 0.25) is 0 Å². The molecule has 0 radical (unpaired) electrons. The highest BCUT2D eigenvalue weighted by Gasteiger charge is 2.26. The number of hydrogen-bond acceptors (Lipinski definition) is 2. The highest BCUT2D eigenvalue weighted by Crippen LogP contribution is 2.35. The molecule has 0 heterocycles. The van der Waals surface area contributed by atoms with Crippen LogP contribution in [0, 0.1) is 15.9 Å². The van der Waals surface area contributed by atoms with Gasteiger partial charge in [-0.2, -0.15) is 0 Å². The second kappa shape index (κ2) is 4.80. The number of benzene rings is 1. The maximum atomic E-state index is 5.66. The average molecular weight is 318 g/mol. The molecule has 84 valence electrons. The summed E-state index contributed by atoms with van der Waals surface area (Å²) in [4.78, 5) is 0. The molecule has 0 aliphatic rings. The maximum Gasteiger partial charge on any atom is 0.0518 e. The Morgan fingerprint density at radius 1 is 1.33 bits per heavy atom. The molecule has 0 saturated carbocycles. The Balaban J connectivity index is 3.19. The predicted molar refractivity (Wildman–Crippen MR) is 73.4 cm³/mol. The molecule has 3 heteroatoms. The summed E-state index contributed by atoms with van der Waals surface area (Å²) in [5.41, 5.74) is 5.62. The van der Waals surface area contributed by atoms with E-state index in [1.165, 1.54) is 14.7 Å². The molecule has 0 spiro atoms. The smallest absolute Gasteiger partial charge is 0.0518 e. The number of aryl methyl sites for hydroxylation is 1. The monoisotopic (exact) mass is 318 g/mol. The van der Waals surface area contributed by atoms with Gasteiger partial charge in [-0.3, -0.25) is 11.3 Å². The average Bonchev–Trinajstić information content (AvgIpc) is 2.11. The minimum Gasteiger partial charge on any atom is -0.271 e. The summed E-state index contributed by atoms with van der Waals surface area (Å²) >= 11 is 2.39. The minimum absolute atomic E-state index is 0.114. The summed E-state index contributed by atoms with van der Waals surface area (Å²) < 4.78 is 1.30. The minimum atomic E-state index is 0.114. The molecule has 15 heavy (non-hydrogen) atoms. The molecule has 0 saturated heterocycles. The van der Waals surface area contributed by atoms with Crippen LogP contribution in [0.3, 0.4) is 0 Å². The number of halogens is 1. The summed E-state index contributed by atoms with van der Waals surface area (Å²) in [6.45, 7) is 8.70. The number of hydrazine groups is 1. The van der Waals surface area contributed by atoms with Crippen molar-refractivity contribution in [1.29, 1.82) is 0 Å². The molecule has 0 amide bonds. The van der Waals surface area contributed by atoms with Gasteiger partial charge in [-0.15, -0.1) is 0 Å². The van der Waals surface area contributed by atoms with Crippen LogP contribution in [0.15, 0.2) is 18.2 Å². The zero-order valence-corrected chi connectivity index (χ0v) is 11.9. The molecule has 1 rings (SSSR count). The Morgan fingerprint density at radius 2 is 1.93 bits per heavy atom.